The van der Waals surface area contributed by atoms with Crippen LogP contribution in [0, 0.1) is 5.92 Å². The average molecular weight is 340 g/mol. The summed E-state index contributed by atoms with van der Waals surface area (Å²) in [6.45, 7) is 1.14. The second kappa shape index (κ2) is 5.94. The van der Waals surface area contributed by atoms with E-state index in [4.69, 9.17) is 9.47 Å². The lowest BCUT2D eigenvalue weighted by Gasteiger charge is -2.38. The molecule has 0 spiro atoms. The van der Waals surface area contributed by atoms with Crippen LogP contribution in [0.25, 0.3) is 0 Å². The molecule has 2 aliphatic carbocycles. The van der Waals surface area contributed by atoms with Crippen LogP contribution in [0.15, 0.2) is 16.6 Å². The van der Waals surface area contributed by atoms with E-state index < -0.39 is 0 Å². The Morgan fingerprint density at radius 2 is 1.95 bits per heavy atom. The van der Waals surface area contributed by atoms with E-state index in [1.807, 2.05) is 6.07 Å². The van der Waals surface area contributed by atoms with Crippen molar-refractivity contribution in [2.45, 2.75) is 37.6 Å². The minimum Gasteiger partial charge on any atom is -0.495 e. The lowest BCUT2D eigenvalue weighted by molar-refractivity contribution is 0.238. The molecule has 0 aromatic heterocycles. The van der Waals surface area contributed by atoms with Crippen molar-refractivity contribution in [3.05, 3.63) is 22.2 Å². The first-order valence-electron chi connectivity index (χ1n) is 7.38. The van der Waals surface area contributed by atoms with E-state index >= 15 is 0 Å². The maximum absolute atomic E-state index is 5.61. The predicted molar refractivity (Wildman–Crippen MR) is 83.7 cm³/mol. The number of hydrogen-bond acceptors (Lipinski definition) is 3. The second-order valence-corrected chi connectivity index (χ2v) is 6.62. The first-order chi connectivity index (χ1) is 9.74. The highest BCUT2D eigenvalue weighted by atomic mass is 79.9. The lowest BCUT2D eigenvalue weighted by Crippen LogP contribution is -2.35. The highest BCUT2D eigenvalue weighted by Gasteiger charge is 2.35. The molecule has 20 heavy (non-hydrogen) atoms. The fourth-order valence-corrected chi connectivity index (χ4v) is 3.72. The fraction of sp³-hybridized carbons (Fsp3) is 0.625. The molecule has 1 N–H and O–H groups in total. The molecule has 0 radical (unpaired) electrons. The summed E-state index contributed by atoms with van der Waals surface area (Å²) in [6, 6.07) is 4.99. The molecule has 3 nitrogen and oxygen atoms in total. The minimum atomic E-state index is 0.610. The number of benzene rings is 1. The third kappa shape index (κ3) is 2.68. The van der Waals surface area contributed by atoms with Crippen molar-refractivity contribution in [3.63, 3.8) is 0 Å². The molecule has 0 aliphatic heterocycles. The highest BCUT2D eigenvalue weighted by molar-refractivity contribution is 9.10. The van der Waals surface area contributed by atoms with Crippen LogP contribution in [0.1, 0.15) is 37.2 Å². The van der Waals surface area contributed by atoms with Gasteiger partial charge in [0.2, 0.25) is 0 Å². The van der Waals surface area contributed by atoms with Crippen LogP contribution >= 0.6 is 15.9 Å². The van der Waals surface area contributed by atoms with Crippen molar-refractivity contribution < 1.29 is 9.47 Å². The highest BCUT2D eigenvalue weighted by Crippen LogP contribution is 2.49. The molecule has 0 heterocycles. The van der Waals surface area contributed by atoms with Crippen molar-refractivity contribution in [3.8, 4) is 11.5 Å². The van der Waals surface area contributed by atoms with Crippen LogP contribution in [-0.2, 0) is 0 Å². The monoisotopic (exact) mass is 339 g/mol. The topological polar surface area (TPSA) is 30.5 Å². The van der Waals surface area contributed by atoms with E-state index in [0.29, 0.717) is 5.92 Å². The number of ether oxygens (including phenoxy) is 2. The summed E-state index contributed by atoms with van der Waals surface area (Å²) in [5.41, 5.74) is 1.31. The molecule has 2 atom stereocenters. The summed E-state index contributed by atoms with van der Waals surface area (Å²) in [5.74, 6) is 3.12. The molecular weight excluding hydrogens is 318 g/mol. The summed E-state index contributed by atoms with van der Waals surface area (Å²) in [4.78, 5) is 0. The average Bonchev–Trinajstić information content (AvgIpc) is 3.22. The molecule has 4 heteroatoms. The first kappa shape index (κ1) is 14.2. The van der Waals surface area contributed by atoms with E-state index in [0.717, 1.165) is 34.5 Å². The molecule has 0 amide bonds. The van der Waals surface area contributed by atoms with Crippen LogP contribution in [0.2, 0.25) is 0 Å². The van der Waals surface area contributed by atoms with Crippen LogP contribution in [0.3, 0.4) is 0 Å². The molecule has 2 fully saturated rings. The van der Waals surface area contributed by atoms with Gasteiger partial charge in [0.05, 0.1) is 14.2 Å². The zero-order valence-corrected chi connectivity index (χ0v) is 13.7. The van der Waals surface area contributed by atoms with Crippen LogP contribution < -0.4 is 14.8 Å². The van der Waals surface area contributed by atoms with Crippen molar-refractivity contribution in [1.82, 2.24) is 5.32 Å². The van der Waals surface area contributed by atoms with Gasteiger partial charge in [-0.15, -0.1) is 0 Å². The number of halogens is 1. The number of hydrogen-bond donors (Lipinski definition) is 1. The molecule has 2 aliphatic rings. The standard InChI is InChI=1S/C16H22BrNO2/c1-19-14-8-7-13(16(20-2)15(14)17)12-6-3-10(12)9-18-11-4-5-11/h7-8,10-12,18H,3-6,9H2,1-2H3. The van der Waals surface area contributed by atoms with Gasteiger partial charge in [-0.1, -0.05) is 6.07 Å². The Labute approximate surface area is 129 Å². The van der Waals surface area contributed by atoms with Crippen molar-refractivity contribution in [2.75, 3.05) is 20.8 Å². The van der Waals surface area contributed by atoms with Gasteiger partial charge in [-0.05, 0) is 71.6 Å². The van der Waals surface area contributed by atoms with Gasteiger partial charge in [0.25, 0.3) is 0 Å². The van der Waals surface area contributed by atoms with Crippen molar-refractivity contribution in [2.24, 2.45) is 5.92 Å². The smallest absolute Gasteiger partial charge is 0.140 e. The van der Waals surface area contributed by atoms with Gasteiger partial charge < -0.3 is 14.8 Å². The predicted octanol–water partition coefficient (Wildman–Crippen LogP) is 3.71. The summed E-state index contributed by atoms with van der Waals surface area (Å²) < 4.78 is 11.9. The molecule has 2 saturated carbocycles. The number of rotatable bonds is 6. The van der Waals surface area contributed by atoms with Gasteiger partial charge in [-0.3, -0.25) is 0 Å². The van der Waals surface area contributed by atoms with E-state index in [1.54, 1.807) is 14.2 Å². The zero-order chi connectivity index (χ0) is 14.1. The first-order valence-corrected chi connectivity index (χ1v) is 8.17. The molecule has 2 unspecified atom stereocenters. The fourth-order valence-electron chi connectivity index (χ4n) is 3.04. The van der Waals surface area contributed by atoms with Gasteiger partial charge in [-0.2, -0.15) is 0 Å². The maximum Gasteiger partial charge on any atom is 0.140 e. The number of methoxy groups -OCH3 is 2. The third-order valence-electron chi connectivity index (χ3n) is 4.58. The number of nitrogens with one attached hydrogen (secondary N) is 1. The normalized spacial score (nSPS) is 25.1. The van der Waals surface area contributed by atoms with Crippen LogP contribution in [0.5, 0.6) is 11.5 Å². The molecule has 110 valence electrons. The third-order valence-corrected chi connectivity index (χ3v) is 5.33. The largest absolute Gasteiger partial charge is 0.495 e. The quantitative estimate of drug-likeness (QED) is 0.856. The summed E-state index contributed by atoms with van der Waals surface area (Å²) in [7, 11) is 3.42. The Morgan fingerprint density at radius 3 is 2.50 bits per heavy atom. The molecule has 3 rings (SSSR count). The summed E-state index contributed by atoms with van der Waals surface area (Å²) >= 11 is 3.60. The Balaban J connectivity index is 1.76. The molecule has 0 saturated heterocycles. The maximum atomic E-state index is 5.61. The van der Waals surface area contributed by atoms with Crippen molar-refractivity contribution >= 4 is 15.9 Å². The van der Waals surface area contributed by atoms with E-state index in [9.17, 15) is 0 Å². The van der Waals surface area contributed by atoms with E-state index in [2.05, 4.69) is 27.3 Å². The Hall–Kier alpha value is -0.740. The van der Waals surface area contributed by atoms with Crippen LogP contribution in [-0.4, -0.2) is 26.8 Å². The van der Waals surface area contributed by atoms with E-state index in [1.165, 1.54) is 31.2 Å². The van der Waals surface area contributed by atoms with Crippen molar-refractivity contribution in [1.29, 1.82) is 0 Å². The second-order valence-electron chi connectivity index (χ2n) is 5.83. The molecule has 1 aromatic rings. The minimum absolute atomic E-state index is 0.610. The Kier molecular flexibility index (Phi) is 4.22. The van der Waals surface area contributed by atoms with E-state index in [-0.39, 0.29) is 0 Å². The summed E-state index contributed by atoms with van der Waals surface area (Å²) in [6.07, 6.45) is 5.28. The SMILES string of the molecule is COc1ccc(C2CCC2CNC2CC2)c(OC)c1Br. The molecular formula is C16H22BrNO2. The zero-order valence-electron chi connectivity index (χ0n) is 12.1. The van der Waals surface area contributed by atoms with Gasteiger partial charge in [0, 0.05) is 6.04 Å². The molecule has 1 aromatic carbocycles. The van der Waals surface area contributed by atoms with Gasteiger partial charge >= 0.3 is 0 Å². The van der Waals surface area contributed by atoms with Gasteiger partial charge in [-0.25, -0.2) is 0 Å². The Morgan fingerprint density at radius 1 is 1.15 bits per heavy atom. The molecule has 0 bridgehead atoms. The summed E-state index contributed by atoms with van der Waals surface area (Å²) in [5, 5.41) is 3.66. The van der Waals surface area contributed by atoms with Gasteiger partial charge in [0.15, 0.2) is 0 Å². The Bertz CT molecular complexity index is 488. The van der Waals surface area contributed by atoms with Crippen LogP contribution in [0.4, 0.5) is 0 Å². The lowest BCUT2D eigenvalue weighted by atomic mass is 9.69. The van der Waals surface area contributed by atoms with Gasteiger partial charge in [0.1, 0.15) is 16.0 Å².